The van der Waals surface area contributed by atoms with Crippen molar-refractivity contribution in [2.75, 3.05) is 25.6 Å². The van der Waals surface area contributed by atoms with Crippen molar-refractivity contribution in [3.8, 4) is 17.0 Å². The fourth-order valence-electron chi connectivity index (χ4n) is 5.27. The Morgan fingerprint density at radius 3 is 2.63 bits per heavy atom. The van der Waals surface area contributed by atoms with E-state index in [1.807, 2.05) is 0 Å². The first-order chi connectivity index (χ1) is 19.7. The monoisotopic (exact) mass is 567 g/mol. The highest BCUT2D eigenvalue weighted by Crippen LogP contribution is 2.36. The fraction of sp³-hybridized carbons (Fsp3) is 0.429. The number of benzene rings is 1. The first kappa shape index (κ1) is 29.3. The van der Waals surface area contributed by atoms with Crippen LogP contribution in [0.1, 0.15) is 55.8 Å². The molecule has 1 aliphatic rings. The second kappa shape index (κ2) is 13.1. The Morgan fingerprint density at radius 2 is 1.98 bits per heavy atom. The summed E-state index contributed by atoms with van der Waals surface area (Å²) in [6, 6.07) is 7.01. The van der Waals surface area contributed by atoms with Crippen molar-refractivity contribution in [1.82, 2.24) is 14.7 Å². The minimum atomic E-state index is -0.992. The Kier molecular flexibility index (Phi) is 9.37. The molecule has 1 aliphatic carbocycles. The van der Waals surface area contributed by atoms with Gasteiger partial charge < -0.3 is 25.2 Å². The molecule has 0 spiro atoms. The molecule has 13 nitrogen and oxygen atoms in total. The number of methoxy groups -OCH3 is 1. The molecule has 41 heavy (non-hydrogen) atoms. The van der Waals surface area contributed by atoms with Gasteiger partial charge in [0.2, 0.25) is 0 Å². The molecule has 218 valence electrons. The predicted octanol–water partition coefficient (Wildman–Crippen LogP) is 4.05. The Balaban J connectivity index is 1.77. The maximum atomic E-state index is 13.6. The lowest BCUT2D eigenvalue weighted by Crippen LogP contribution is -2.42. The number of amides is 1. The van der Waals surface area contributed by atoms with Gasteiger partial charge >= 0.3 is 17.6 Å². The van der Waals surface area contributed by atoms with Crippen LogP contribution >= 0.6 is 0 Å². The van der Waals surface area contributed by atoms with Crippen LogP contribution in [0.2, 0.25) is 0 Å². The number of imidazole rings is 1. The van der Waals surface area contributed by atoms with Crippen LogP contribution in [0.4, 0.5) is 11.5 Å². The number of carboxylic acids is 1. The number of carboxylic acid groups (broad SMARTS) is 1. The summed E-state index contributed by atoms with van der Waals surface area (Å²) < 4.78 is 11.7. The second-order valence-electron chi connectivity index (χ2n) is 9.80. The van der Waals surface area contributed by atoms with Crippen LogP contribution in [0.5, 0.6) is 5.75 Å². The van der Waals surface area contributed by atoms with Crippen LogP contribution in [-0.2, 0) is 14.3 Å². The van der Waals surface area contributed by atoms with E-state index in [0.29, 0.717) is 11.4 Å². The number of nitro groups is 1. The molecule has 13 heteroatoms. The van der Waals surface area contributed by atoms with Gasteiger partial charge in [0, 0.05) is 23.9 Å². The second-order valence-corrected chi connectivity index (χ2v) is 9.80. The van der Waals surface area contributed by atoms with Gasteiger partial charge in [0.1, 0.15) is 18.1 Å². The van der Waals surface area contributed by atoms with Gasteiger partial charge in [-0.3, -0.25) is 28.9 Å². The van der Waals surface area contributed by atoms with E-state index in [1.54, 1.807) is 35.7 Å². The van der Waals surface area contributed by atoms with Crippen molar-refractivity contribution in [1.29, 1.82) is 0 Å². The zero-order chi connectivity index (χ0) is 29.5. The lowest BCUT2D eigenvalue weighted by molar-refractivity contribution is -0.385. The normalized spacial score (nSPS) is 14.3. The van der Waals surface area contributed by atoms with Crippen LogP contribution < -0.4 is 15.4 Å². The zero-order valence-electron chi connectivity index (χ0n) is 22.9. The number of aromatic nitrogens is 2. The zero-order valence-corrected chi connectivity index (χ0v) is 22.9. The van der Waals surface area contributed by atoms with Gasteiger partial charge in [0.15, 0.2) is 11.4 Å². The summed E-state index contributed by atoms with van der Waals surface area (Å²) in [6.45, 7) is 1.66. The van der Waals surface area contributed by atoms with E-state index in [0.717, 1.165) is 32.1 Å². The number of nitrogens with one attached hydrogen (secondary N) is 2. The van der Waals surface area contributed by atoms with Gasteiger partial charge in [-0.05, 0) is 49.9 Å². The minimum absolute atomic E-state index is 0.0560. The Bertz CT molecular complexity index is 1450. The number of carbonyl (C=O) groups is 3. The molecule has 2 aromatic heterocycles. The first-order valence-electron chi connectivity index (χ1n) is 13.5. The third-order valence-corrected chi connectivity index (χ3v) is 7.18. The standard InChI is InChI=1S/C28H33N5O8/c1-3-41-24(36)16-29-27-25(18-11-12-22(40-2)21(14-18)33(38)39)31-26-19(10-7-13-32(26)27)28(37)30-20(15-23(34)35)17-8-5-4-6-9-17/h7,10-14,17,20,29H,3-6,8-9,15-16H2,1-2H3,(H,30,37)(H,34,35). The largest absolute Gasteiger partial charge is 0.490 e. The third kappa shape index (κ3) is 6.73. The summed E-state index contributed by atoms with van der Waals surface area (Å²) in [4.78, 5) is 53.1. The molecule has 1 aromatic carbocycles. The van der Waals surface area contributed by atoms with Crippen molar-refractivity contribution in [3.63, 3.8) is 0 Å². The van der Waals surface area contributed by atoms with Gasteiger partial charge in [0.25, 0.3) is 5.91 Å². The Labute approximate surface area is 236 Å². The molecular weight excluding hydrogens is 534 g/mol. The first-order valence-corrected chi connectivity index (χ1v) is 13.5. The molecule has 2 heterocycles. The molecule has 0 radical (unpaired) electrons. The number of fused-ring (bicyclic) bond motifs is 1. The van der Waals surface area contributed by atoms with Gasteiger partial charge in [0.05, 0.1) is 30.6 Å². The number of nitro benzene ring substituents is 1. The molecular formula is C28H33N5O8. The fourth-order valence-corrected chi connectivity index (χ4v) is 5.27. The van der Waals surface area contributed by atoms with Crippen molar-refractivity contribution in [2.45, 2.75) is 51.5 Å². The summed E-state index contributed by atoms with van der Waals surface area (Å²) in [5, 5.41) is 27.1. The average molecular weight is 568 g/mol. The maximum absolute atomic E-state index is 13.6. The van der Waals surface area contributed by atoms with Crippen molar-refractivity contribution in [2.24, 2.45) is 5.92 Å². The number of ether oxygens (including phenoxy) is 2. The van der Waals surface area contributed by atoms with E-state index in [9.17, 15) is 29.6 Å². The highest BCUT2D eigenvalue weighted by atomic mass is 16.6. The van der Waals surface area contributed by atoms with E-state index in [4.69, 9.17) is 9.47 Å². The van der Waals surface area contributed by atoms with Crippen LogP contribution in [0, 0.1) is 16.0 Å². The third-order valence-electron chi connectivity index (χ3n) is 7.18. The molecule has 1 fully saturated rings. The number of carbonyl (C=O) groups excluding carboxylic acids is 2. The smallest absolute Gasteiger partial charge is 0.325 e. The average Bonchev–Trinajstić information content (AvgIpc) is 3.34. The van der Waals surface area contributed by atoms with E-state index in [1.165, 1.54) is 19.2 Å². The summed E-state index contributed by atoms with van der Waals surface area (Å²) >= 11 is 0. The molecule has 1 amide bonds. The van der Waals surface area contributed by atoms with Crippen molar-refractivity contribution < 1.29 is 33.9 Å². The summed E-state index contributed by atoms with van der Waals surface area (Å²) in [5.41, 5.74) is 0.745. The minimum Gasteiger partial charge on any atom is -0.490 e. The molecule has 1 unspecified atom stereocenters. The molecule has 0 bridgehead atoms. The quantitative estimate of drug-likeness (QED) is 0.164. The molecule has 1 atom stereocenters. The van der Waals surface area contributed by atoms with Crippen LogP contribution in [0.3, 0.4) is 0 Å². The highest BCUT2D eigenvalue weighted by Gasteiger charge is 2.29. The van der Waals surface area contributed by atoms with Crippen molar-refractivity contribution in [3.05, 3.63) is 52.2 Å². The van der Waals surface area contributed by atoms with E-state index < -0.39 is 28.8 Å². The van der Waals surface area contributed by atoms with E-state index in [-0.39, 0.29) is 53.8 Å². The molecule has 3 aromatic rings. The van der Waals surface area contributed by atoms with Gasteiger partial charge in [-0.15, -0.1) is 0 Å². The Morgan fingerprint density at radius 1 is 1.22 bits per heavy atom. The number of nitrogens with zero attached hydrogens (tertiary/aromatic N) is 3. The number of esters is 1. The van der Waals surface area contributed by atoms with Crippen LogP contribution in [-0.4, -0.2) is 63.6 Å². The maximum Gasteiger partial charge on any atom is 0.325 e. The van der Waals surface area contributed by atoms with E-state index in [2.05, 4.69) is 15.6 Å². The number of rotatable bonds is 12. The summed E-state index contributed by atoms with van der Waals surface area (Å²) in [6.07, 6.45) is 6.19. The molecule has 4 rings (SSSR count). The molecule has 0 saturated heterocycles. The lowest BCUT2D eigenvalue weighted by atomic mass is 9.82. The number of pyridine rings is 1. The van der Waals surface area contributed by atoms with Gasteiger partial charge in [-0.1, -0.05) is 19.3 Å². The number of aliphatic carboxylic acids is 1. The van der Waals surface area contributed by atoms with Crippen LogP contribution in [0.15, 0.2) is 36.5 Å². The summed E-state index contributed by atoms with van der Waals surface area (Å²) in [5.74, 6) is -1.56. The lowest BCUT2D eigenvalue weighted by Gasteiger charge is -2.30. The highest BCUT2D eigenvalue weighted by molar-refractivity contribution is 6.01. The van der Waals surface area contributed by atoms with E-state index >= 15 is 0 Å². The summed E-state index contributed by atoms with van der Waals surface area (Å²) in [7, 11) is 1.33. The van der Waals surface area contributed by atoms with Gasteiger partial charge in [-0.2, -0.15) is 0 Å². The SMILES string of the molecule is CCOC(=O)CNc1c(-c2ccc(OC)c([N+](=O)[O-])c2)nc2c(C(=O)NC(CC(=O)O)C3CCCCC3)cccn12. The van der Waals surface area contributed by atoms with Crippen LogP contribution in [0.25, 0.3) is 16.9 Å². The molecule has 0 aliphatic heterocycles. The number of anilines is 1. The van der Waals surface area contributed by atoms with Crippen molar-refractivity contribution >= 4 is 35.0 Å². The number of hydrogen-bond acceptors (Lipinski definition) is 9. The molecule has 1 saturated carbocycles. The number of hydrogen-bond donors (Lipinski definition) is 3. The predicted molar refractivity (Wildman–Crippen MR) is 149 cm³/mol. The van der Waals surface area contributed by atoms with Gasteiger partial charge in [-0.25, -0.2) is 4.98 Å². The Hall–Kier alpha value is -4.68. The molecule has 3 N–H and O–H groups in total. The topological polar surface area (TPSA) is 174 Å².